The van der Waals surface area contributed by atoms with Crippen LogP contribution in [0.1, 0.15) is 35.3 Å². The molecule has 1 unspecified atom stereocenters. The van der Waals surface area contributed by atoms with E-state index in [0.717, 1.165) is 11.3 Å². The number of carbonyl (C=O) groups is 1. The summed E-state index contributed by atoms with van der Waals surface area (Å²) in [7, 11) is 3.90. The molecule has 4 rings (SSSR count). The molecule has 0 aliphatic rings. The quantitative estimate of drug-likeness (QED) is 0.149. The van der Waals surface area contributed by atoms with Crippen molar-refractivity contribution in [2.75, 3.05) is 20.4 Å². The Morgan fingerprint density at radius 3 is 2.26 bits per heavy atom. The molecule has 7 nitrogen and oxygen atoms in total. The van der Waals surface area contributed by atoms with Crippen molar-refractivity contribution in [2.45, 2.75) is 38.3 Å². The lowest BCUT2D eigenvalue weighted by molar-refractivity contribution is 0.0815. The molecule has 4 aromatic rings. The molecule has 0 aliphatic carbocycles. The Bertz CT molecular complexity index is 1390. The second kappa shape index (κ2) is 10.5. The van der Waals surface area contributed by atoms with Gasteiger partial charge in [-0.05, 0) is 70.1 Å². The fourth-order valence-corrected chi connectivity index (χ4v) is 4.42. The second-order valence-corrected chi connectivity index (χ2v) is 9.33. The third-order valence-electron chi connectivity index (χ3n) is 6.06. The van der Waals surface area contributed by atoms with Crippen LogP contribution in [0.5, 0.6) is 5.75 Å². The van der Waals surface area contributed by atoms with E-state index in [1.807, 2.05) is 92.3 Å². The lowest BCUT2D eigenvalue weighted by atomic mass is 10.0. The Morgan fingerprint density at radius 1 is 1.06 bits per heavy atom. The first kappa shape index (κ1) is 24.8. The van der Waals surface area contributed by atoms with Crippen molar-refractivity contribution in [1.82, 2.24) is 19.0 Å². The van der Waals surface area contributed by atoms with Gasteiger partial charge in [0.05, 0.1) is 5.39 Å². The molecule has 0 aliphatic heterocycles. The molecule has 0 radical (unpaired) electrons. The molecule has 0 fully saturated rings. The average molecular weight is 491 g/mol. The van der Waals surface area contributed by atoms with Crippen LogP contribution in [-0.4, -0.2) is 51.4 Å². The summed E-state index contributed by atoms with van der Waals surface area (Å²) in [5.74, 6) is 0.683. The van der Waals surface area contributed by atoms with Gasteiger partial charge in [-0.2, -0.15) is 0 Å². The van der Waals surface area contributed by atoms with Crippen molar-refractivity contribution in [2.24, 2.45) is 0 Å². The van der Waals surface area contributed by atoms with Crippen LogP contribution in [-0.2, 0) is 13.1 Å². The highest BCUT2D eigenvalue weighted by Gasteiger charge is 2.14. The van der Waals surface area contributed by atoms with Crippen LogP contribution in [0.25, 0.3) is 11.0 Å². The molecule has 35 heavy (non-hydrogen) atoms. The highest BCUT2D eigenvalue weighted by atomic mass is 32.2. The fraction of sp³-hybridized carbons (Fsp3) is 0.296. The topological polar surface area (TPSA) is 69.4 Å². The number of hydrogen-bond acceptors (Lipinski definition) is 6. The summed E-state index contributed by atoms with van der Waals surface area (Å²) in [6.45, 7) is 5.06. The molecule has 1 atom stereocenters. The third kappa shape index (κ3) is 5.18. The van der Waals surface area contributed by atoms with Crippen molar-refractivity contribution in [3.05, 3.63) is 87.8 Å². The van der Waals surface area contributed by atoms with Gasteiger partial charge in [-0.3, -0.25) is 19.1 Å². The Morgan fingerprint density at radius 2 is 1.69 bits per heavy atom. The van der Waals surface area contributed by atoms with Gasteiger partial charge in [0.2, 0.25) is 0 Å². The summed E-state index contributed by atoms with van der Waals surface area (Å²) in [4.78, 5) is 32.5. The Hall–Kier alpha value is -3.36. The number of fused-ring (bicyclic) bond motifs is 1. The van der Waals surface area contributed by atoms with Gasteiger partial charge in [-0.1, -0.05) is 36.0 Å². The van der Waals surface area contributed by atoms with Gasteiger partial charge in [-0.25, -0.2) is 4.98 Å². The molecule has 0 spiro atoms. The summed E-state index contributed by atoms with van der Waals surface area (Å²) in [5.41, 5.74) is 2.91. The van der Waals surface area contributed by atoms with E-state index in [-0.39, 0.29) is 17.6 Å². The van der Waals surface area contributed by atoms with Gasteiger partial charge >= 0.3 is 0 Å². The van der Waals surface area contributed by atoms with Gasteiger partial charge in [0.25, 0.3) is 5.56 Å². The molecule has 2 aromatic carbocycles. The van der Waals surface area contributed by atoms with Gasteiger partial charge in [-0.15, -0.1) is 0 Å². The van der Waals surface area contributed by atoms with Gasteiger partial charge in [0.1, 0.15) is 17.6 Å². The van der Waals surface area contributed by atoms with Gasteiger partial charge in [0.15, 0.2) is 10.9 Å². The highest BCUT2D eigenvalue weighted by molar-refractivity contribution is 7.98. The van der Waals surface area contributed by atoms with E-state index < -0.39 is 0 Å². The van der Waals surface area contributed by atoms with Gasteiger partial charge in [0, 0.05) is 30.4 Å². The van der Waals surface area contributed by atoms with Crippen molar-refractivity contribution in [3.8, 4) is 5.75 Å². The lowest BCUT2D eigenvalue weighted by Crippen LogP contribution is -2.30. The Labute approximate surface area is 209 Å². The third-order valence-corrected chi connectivity index (χ3v) is 6.74. The number of hydrogen-bond donors (Lipinski definition) is 0. The van der Waals surface area contributed by atoms with Crippen LogP contribution >= 0.6 is 11.8 Å². The van der Waals surface area contributed by atoms with Crippen LogP contribution < -0.4 is 10.3 Å². The number of ether oxygens (including phenoxy) is 1. The zero-order valence-electron chi connectivity index (χ0n) is 20.7. The molecular weight excluding hydrogens is 460 g/mol. The maximum atomic E-state index is 13.0. The standard InChI is InChI=1S/C27H30N4O3S/c1-6-31-26(33)23-15-16-30(25(23)28-27(31)35-5)17-19-7-9-20(10-8-19)24(32)21-11-13-22(14-12-21)34-18(2)29(3)4/h7-16,18H,6,17H2,1-5H3. The number of thioether (sulfide) groups is 1. The normalized spacial score (nSPS) is 12.3. The van der Waals surface area contributed by atoms with E-state index in [1.165, 1.54) is 11.8 Å². The summed E-state index contributed by atoms with van der Waals surface area (Å²) in [5, 5.41) is 1.32. The summed E-state index contributed by atoms with van der Waals surface area (Å²) >= 11 is 1.47. The largest absolute Gasteiger partial charge is 0.475 e. The number of carbonyl (C=O) groups excluding carboxylic acids is 1. The van der Waals surface area contributed by atoms with Gasteiger partial charge < -0.3 is 9.30 Å². The zero-order chi connectivity index (χ0) is 25.1. The predicted octanol–water partition coefficient (Wildman–Crippen LogP) is 4.51. The lowest BCUT2D eigenvalue weighted by Gasteiger charge is -2.21. The fourth-order valence-electron chi connectivity index (χ4n) is 3.81. The Kier molecular flexibility index (Phi) is 7.42. The first-order valence-electron chi connectivity index (χ1n) is 11.5. The molecule has 0 amide bonds. The van der Waals surface area contributed by atoms with Crippen LogP contribution in [0.15, 0.2) is 70.7 Å². The number of rotatable bonds is 9. The van der Waals surface area contributed by atoms with Crippen molar-refractivity contribution >= 4 is 28.6 Å². The van der Waals surface area contributed by atoms with E-state index in [2.05, 4.69) is 0 Å². The number of aromatic nitrogens is 3. The van der Waals surface area contributed by atoms with Crippen LogP contribution in [0.3, 0.4) is 0 Å². The Balaban J connectivity index is 1.51. The average Bonchev–Trinajstić information content (AvgIpc) is 3.27. The molecule has 0 saturated carbocycles. The minimum absolute atomic E-state index is 0.0193. The monoisotopic (exact) mass is 490 g/mol. The smallest absolute Gasteiger partial charge is 0.263 e. The van der Waals surface area contributed by atoms with Crippen molar-refractivity contribution in [1.29, 1.82) is 0 Å². The predicted molar refractivity (Wildman–Crippen MR) is 141 cm³/mol. The SMILES string of the molecule is CCn1c(SC)nc2c(ccn2Cc2ccc(C(=O)c3ccc(OC(C)N(C)C)cc3)cc2)c1=O. The molecular formula is C27H30N4O3S. The van der Waals surface area contributed by atoms with Crippen molar-refractivity contribution in [3.63, 3.8) is 0 Å². The molecule has 0 N–H and O–H groups in total. The molecule has 0 saturated heterocycles. The summed E-state index contributed by atoms with van der Waals surface area (Å²) < 4.78 is 9.50. The maximum Gasteiger partial charge on any atom is 0.263 e. The first-order valence-corrected chi connectivity index (χ1v) is 12.7. The molecule has 182 valence electrons. The van der Waals surface area contributed by atoms with E-state index in [0.29, 0.717) is 40.4 Å². The maximum absolute atomic E-state index is 13.0. The summed E-state index contributed by atoms with van der Waals surface area (Å²) in [6, 6.07) is 16.6. The van der Waals surface area contributed by atoms with E-state index in [1.54, 1.807) is 16.7 Å². The molecule has 2 aromatic heterocycles. The van der Waals surface area contributed by atoms with E-state index in [4.69, 9.17) is 9.72 Å². The number of nitrogens with zero attached hydrogens (tertiary/aromatic N) is 4. The molecule has 0 bridgehead atoms. The first-order chi connectivity index (χ1) is 16.8. The number of ketones is 1. The van der Waals surface area contributed by atoms with E-state index in [9.17, 15) is 9.59 Å². The highest BCUT2D eigenvalue weighted by Crippen LogP contribution is 2.20. The zero-order valence-corrected chi connectivity index (χ0v) is 21.5. The van der Waals surface area contributed by atoms with Crippen LogP contribution in [0.4, 0.5) is 0 Å². The summed E-state index contributed by atoms with van der Waals surface area (Å²) in [6.07, 6.45) is 3.76. The molecule has 8 heteroatoms. The second-order valence-electron chi connectivity index (χ2n) is 8.56. The number of benzene rings is 2. The minimum Gasteiger partial charge on any atom is -0.475 e. The molecule has 2 heterocycles. The van der Waals surface area contributed by atoms with Crippen molar-refractivity contribution < 1.29 is 9.53 Å². The van der Waals surface area contributed by atoms with Crippen LogP contribution in [0, 0.1) is 0 Å². The minimum atomic E-state index is -0.0586. The van der Waals surface area contributed by atoms with E-state index >= 15 is 0 Å². The van der Waals surface area contributed by atoms with Crippen LogP contribution in [0.2, 0.25) is 0 Å².